The van der Waals surface area contributed by atoms with Gasteiger partial charge in [-0.1, -0.05) is 39.8 Å². The summed E-state index contributed by atoms with van der Waals surface area (Å²) < 4.78 is 29.6. The van der Waals surface area contributed by atoms with Crippen molar-refractivity contribution in [2.24, 2.45) is 5.92 Å². The molecule has 204 valence electrons. The van der Waals surface area contributed by atoms with Gasteiger partial charge in [-0.15, -0.1) is 0 Å². The molecule has 0 unspecified atom stereocenters. The maximum Gasteiger partial charge on any atom is 0.256 e. The van der Waals surface area contributed by atoms with Crippen molar-refractivity contribution in [3.05, 3.63) is 53.5 Å². The van der Waals surface area contributed by atoms with Crippen molar-refractivity contribution in [2.75, 3.05) is 32.7 Å². The third kappa shape index (κ3) is 8.07. The van der Waals surface area contributed by atoms with Gasteiger partial charge in [0.05, 0.1) is 11.3 Å². The van der Waals surface area contributed by atoms with E-state index < -0.39 is 11.5 Å². The van der Waals surface area contributed by atoms with Gasteiger partial charge in [0.1, 0.15) is 11.5 Å². The number of benzene rings is 1. The monoisotopic (exact) mass is 513 g/mol. The Hall–Kier alpha value is -2.34. The fraction of sp³-hybridized carbons (Fsp3) is 0.613. The van der Waals surface area contributed by atoms with Gasteiger partial charge >= 0.3 is 0 Å². The third-order valence-electron chi connectivity index (χ3n) is 7.92. The lowest BCUT2D eigenvalue weighted by Crippen LogP contribution is -2.43. The van der Waals surface area contributed by atoms with E-state index in [0.717, 1.165) is 51.6 Å². The molecule has 1 aliphatic rings. The summed E-state index contributed by atoms with van der Waals surface area (Å²) in [5.41, 5.74) is 1.62. The summed E-state index contributed by atoms with van der Waals surface area (Å²) in [4.78, 5) is 21.4. The Morgan fingerprint density at radius 3 is 2.27 bits per heavy atom. The number of pyridine rings is 1. The maximum absolute atomic E-state index is 14.9. The number of amides is 1. The number of piperidine rings is 1. The van der Waals surface area contributed by atoms with E-state index in [0.29, 0.717) is 49.7 Å². The van der Waals surface area contributed by atoms with Crippen LogP contribution in [0.5, 0.6) is 0 Å². The van der Waals surface area contributed by atoms with Crippen molar-refractivity contribution in [3.63, 3.8) is 0 Å². The van der Waals surface area contributed by atoms with E-state index >= 15 is 0 Å². The summed E-state index contributed by atoms with van der Waals surface area (Å²) in [7, 11) is 0. The van der Waals surface area contributed by atoms with Gasteiger partial charge < -0.3 is 9.80 Å². The second-order valence-electron chi connectivity index (χ2n) is 10.7. The van der Waals surface area contributed by atoms with Crippen LogP contribution in [0.2, 0.25) is 0 Å². The lowest BCUT2D eigenvalue weighted by Gasteiger charge is -2.36. The predicted octanol–water partition coefficient (Wildman–Crippen LogP) is 7.32. The molecule has 1 aromatic carbocycles. The first kappa shape index (κ1) is 29.2. The van der Waals surface area contributed by atoms with Crippen molar-refractivity contribution in [3.8, 4) is 11.3 Å². The van der Waals surface area contributed by atoms with Crippen LogP contribution in [0.15, 0.2) is 36.5 Å². The molecule has 1 aromatic heterocycles. The minimum absolute atomic E-state index is 0.120. The summed E-state index contributed by atoms with van der Waals surface area (Å²) in [5, 5.41) is 0. The van der Waals surface area contributed by atoms with Crippen LogP contribution in [0.25, 0.3) is 11.3 Å². The molecular weight excluding hydrogens is 468 g/mol. The fourth-order valence-electron chi connectivity index (χ4n) is 5.29. The molecule has 2 aromatic rings. The zero-order chi connectivity index (χ0) is 26.8. The molecule has 0 radical (unpaired) electrons. The Labute approximate surface area is 222 Å². The smallest absolute Gasteiger partial charge is 0.256 e. The van der Waals surface area contributed by atoms with Gasteiger partial charge in [-0.2, -0.15) is 0 Å². The Kier molecular flexibility index (Phi) is 11.0. The van der Waals surface area contributed by atoms with Crippen molar-refractivity contribution in [2.45, 2.75) is 84.7 Å². The second-order valence-corrected chi connectivity index (χ2v) is 10.7. The predicted molar refractivity (Wildman–Crippen MR) is 148 cm³/mol. The van der Waals surface area contributed by atoms with Crippen LogP contribution < -0.4 is 0 Å². The van der Waals surface area contributed by atoms with Crippen LogP contribution in [0.3, 0.4) is 0 Å². The highest BCUT2D eigenvalue weighted by atomic mass is 19.1. The van der Waals surface area contributed by atoms with Crippen LogP contribution in [0, 0.1) is 11.7 Å². The Balaban J connectivity index is 1.53. The average Bonchev–Trinajstić information content (AvgIpc) is 2.92. The number of likely N-dealkylation sites (tertiary alicyclic amines) is 1. The van der Waals surface area contributed by atoms with Crippen molar-refractivity contribution in [1.82, 2.24) is 14.8 Å². The maximum atomic E-state index is 14.9. The van der Waals surface area contributed by atoms with Crippen molar-refractivity contribution in [1.29, 1.82) is 0 Å². The number of carbonyl (C=O) groups is 1. The Bertz CT molecular complexity index is 976. The number of hydrogen-bond donors (Lipinski definition) is 0. The number of nitrogens with zero attached hydrogens (tertiary/aromatic N) is 3. The first-order chi connectivity index (χ1) is 17.8. The highest BCUT2D eigenvalue weighted by Gasteiger charge is 2.30. The number of alkyl halides is 1. The summed E-state index contributed by atoms with van der Waals surface area (Å²) in [6, 6.07) is 8.79. The molecular formula is C31H45F2N3O. The molecule has 3 rings (SSSR count). The molecule has 1 amide bonds. The molecule has 0 aliphatic carbocycles. The highest BCUT2D eigenvalue weighted by Crippen LogP contribution is 2.28. The zero-order valence-electron chi connectivity index (χ0n) is 23.2. The van der Waals surface area contributed by atoms with E-state index in [1.807, 2.05) is 40.0 Å². The Morgan fingerprint density at radius 2 is 1.73 bits per heavy atom. The molecule has 6 heteroatoms. The molecule has 0 N–H and O–H groups in total. The van der Waals surface area contributed by atoms with Crippen LogP contribution in [0.4, 0.5) is 8.78 Å². The molecule has 2 heterocycles. The van der Waals surface area contributed by atoms with E-state index in [9.17, 15) is 13.6 Å². The second kappa shape index (κ2) is 14.0. The third-order valence-corrected chi connectivity index (χ3v) is 7.92. The number of aryl methyl sites for hydroxylation is 1. The summed E-state index contributed by atoms with van der Waals surface area (Å²) in [6.45, 7) is 11.7. The van der Waals surface area contributed by atoms with Gasteiger partial charge in [0, 0.05) is 31.4 Å². The number of hydrogen-bond acceptors (Lipinski definition) is 3. The molecule has 0 saturated carbocycles. The van der Waals surface area contributed by atoms with E-state index in [-0.39, 0.29) is 11.5 Å². The van der Waals surface area contributed by atoms with Crippen molar-refractivity contribution >= 4 is 5.91 Å². The molecule has 1 aliphatic heterocycles. The summed E-state index contributed by atoms with van der Waals surface area (Å²) in [6.07, 6.45) is 9.04. The molecule has 37 heavy (non-hydrogen) atoms. The molecule has 4 nitrogen and oxygen atoms in total. The molecule has 0 spiro atoms. The molecule has 1 fully saturated rings. The zero-order valence-corrected chi connectivity index (χ0v) is 23.2. The fourth-order valence-corrected chi connectivity index (χ4v) is 5.29. The molecule has 0 atom stereocenters. The summed E-state index contributed by atoms with van der Waals surface area (Å²) in [5.74, 6) is -0.0891. The van der Waals surface area contributed by atoms with Crippen LogP contribution >= 0.6 is 0 Å². The topological polar surface area (TPSA) is 36.4 Å². The molecule has 0 bridgehead atoms. The van der Waals surface area contributed by atoms with Gasteiger partial charge in [0.15, 0.2) is 0 Å². The lowest BCUT2D eigenvalue weighted by atomic mass is 9.89. The first-order valence-corrected chi connectivity index (χ1v) is 14.3. The van der Waals surface area contributed by atoms with E-state index in [4.69, 9.17) is 0 Å². The minimum atomic E-state index is -1.05. The van der Waals surface area contributed by atoms with Crippen LogP contribution in [0.1, 0.15) is 88.6 Å². The van der Waals surface area contributed by atoms with Gasteiger partial charge in [0.25, 0.3) is 5.91 Å². The Morgan fingerprint density at radius 1 is 1.05 bits per heavy atom. The SMILES string of the molecule is CCCN(CCC)C(=O)c1ccc(-c2ccc(CCC3CCN(CC(F)(CC)CC)CC3)cn2)cc1F. The van der Waals surface area contributed by atoms with Crippen LogP contribution in [-0.2, 0) is 6.42 Å². The molecule has 1 saturated heterocycles. The highest BCUT2D eigenvalue weighted by molar-refractivity contribution is 5.95. The number of rotatable bonds is 13. The van der Waals surface area contributed by atoms with E-state index in [1.54, 1.807) is 17.0 Å². The van der Waals surface area contributed by atoms with Gasteiger partial charge in [-0.3, -0.25) is 9.78 Å². The normalized spacial score (nSPS) is 15.2. The first-order valence-electron chi connectivity index (χ1n) is 14.3. The minimum Gasteiger partial charge on any atom is -0.339 e. The number of aromatic nitrogens is 1. The van der Waals surface area contributed by atoms with Crippen LogP contribution in [-0.4, -0.2) is 59.1 Å². The van der Waals surface area contributed by atoms with E-state index in [1.165, 1.54) is 11.6 Å². The summed E-state index contributed by atoms with van der Waals surface area (Å²) >= 11 is 0. The van der Waals surface area contributed by atoms with Gasteiger partial charge in [-0.25, -0.2) is 8.78 Å². The van der Waals surface area contributed by atoms with Gasteiger partial charge in [0.2, 0.25) is 0 Å². The average molecular weight is 514 g/mol. The number of halogens is 2. The van der Waals surface area contributed by atoms with Crippen molar-refractivity contribution < 1.29 is 13.6 Å². The number of carbonyl (C=O) groups excluding carboxylic acids is 1. The standard InChI is InChI=1S/C31H45F2N3O/c1-5-17-36(18-6-2)30(37)27-13-12-26(21-28(27)32)29-14-11-25(22-34-29)10-9-24-15-19-35(20-16-24)23-31(33,7-3)8-4/h11-14,21-22,24H,5-10,15-20,23H2,1-4H3. The van der Waals surface area contributed by atoms with Gasteiger partial charge in [-0.05, 0) is 94.1 Å². The quantitative estimate of drug-likeness (QED) is 0.281. The largest absolute Gasteiger partial charge is 0.339 e. The van der Waals surface area contributed by atoms with E-state index in [2.05, 4.69) is 16.0 Å². The lowest BCUT2D eigenvalue weighted by molar-refractivity contribution is 0.0628.